The second-order valence-electron chi connectivity index (χ2n) is 5.01. The van der Waals surface area contributed by atoms with Crippen LogP contribution in [0.2, 0.25) is 0 Å². The van der Waals surface area contributed by atoms with Gasteiger partial charge in [0.2, 0.25) is 0 Å². The molecule has 1 atom stereocenters. The lowest BCUT2D eigenvalue weighted by atomic mass is 10.1. The van der Waals surface area contributed by atoms with Crippen LogP contribution in [0.1, 0.15) is 18.9 Å². The molecule has 1 unspecified atom stereocenters. The zero-order valence-corrected chi connectivity index (χ0v) is 9.82. The number of aliphatic hydroxyl groups is 1. The highest BCUT2D eigenvalue weighted by molar-refractivity contribution is 5.39. The Labute approximate surface area is 96.9 Å². The van der Waals surface area contributed by atoms with Crippen LogP contribution in [0.15, 0.2) is 24.3 Å². The molecule has 0 spiro atoms. The predicted octanol–water partition coefficient (Wildman–Crippen LogP) is 1.27. The van der Waals surface area contributed by atoms with Crippen molar-refractivity contribution < 1.29 is 5.11 Å². The number of hydrogen-bond donors (Lipinski definition) is 2. The van der Waals surface area contributed by atoms with Gasteiger partial charge in [0.15, 0.2) is 0 Å². The van der Waals surface area contributed by atoms with E-state index in [2.05, 4.69) is 17.0 Å². The molecule has 1 saturated heterocycles. The predicted molar refractivity (Wildman–Crippen MR) is 66.2 cm³/mol. The van der Waals surface area contributed by atoms with E-state index < -0.39 is 5.60 Å². The second-order valence-corrected chi connectivity index (χ2v) is 5.01. The summed E-state index contributed by atoms with van der Waals surface area (Å²) in [5.41, 5.74) is 7.27. The second kappa shape index (κ2) is 4.44. The third kappa shape index (κ3) is 2.97. The van der Waals surface area contributed by atoms with E-state index in [-0.39, 0.29) is 0 Å². The number of nitrogens with zero attached hydrogens (tertiary/aromatic N) is 1. The number of nitrogen functional groups attached to an aromatic ring is 1. The Bertz CT molecular complexity index is 345. The Morgan fingerprint density at radius 2 is 2.06 bits per heavy atom. The first-order chi connectivity index (χ1) is 7.55. The van der Waals surface area contributed by atoms with Crippen LogP contribution in [0.4, 0.5) is 5.69 Å². The molecule has 3 heteroatoms. The summed E-state index contributed by atoms with van der Waals surface area (Å²) >= 11 is 0. The Morgan fingerprint density at radius 1 is 1.38 bits per heavy atom. The van der Waals surface area contributed by atoms with Crippen molar-refractivity contribution in [3.05, 3.63) is 29.8 Å². The average molecular weight is 220 g/mol. The number of nitrogens with two attached hydrogens (primary N) is 1. The molecule has 1 heterocycles. The molecule has 0 amide bonds. The highest BCUT2D eigenvalue weighted by atomic mass is 16.3. The van der Waals surface area contributed by atoms with Gasteiger partial charge in [-0.3, -0.25) is 0 Å². The standard InChI is InChI=1S/C13H20N2O/c1-13(16)7-9-15(10-13)8-6-11-2-4-12(14)5-3-11/h2-5,16H,6-10,14H2,1H3. The largest absolute Gasteiger partial charge is 0.399 e. The van der Waals surface area contributed by atoms with E-state index in [1.54, 1.807) is 0 Å². The molecule has 88 valence electrons. The summed E-state index contributed by atoms with van der Waals surface area (Å²) in [7, 11) is 0. The van der Waals surface area contributed by atoms with Gasteiger partial charge in [-0.05, 0) is 37.5 Å². The van der Waals surface area contributed by atoms with Crippen LogP contribution in [0.3, 0.4) is 0 Å². The molecular formula is C13H20N2O. The van der Waals surface area contributed by atoms with E-state index >= 15 is 0 Å². The van der Waals surface area contributed by atoms with Gasteiger partial charge < -0.3 is 15.7 Å². The van der Waals surface area contributed by atoms with Gasteiger partial charge in [0, 0.05) is 25.3 Å². The summed E-state index contributed by atoms with van der Waals surface area (Å²) < 4.78 is 0. The number of likely N-dealkylation sites (tertiary alicyclic amines) is 1. The van der Waals surface area contributed by atoms with Gasteiger partial charge in [-0.2, -0.15) is 0 Å². The van der Waals surface area contributed by atoms with E-state index in [0.717, 1.165) is 38.2 Å². The van der Waals surface area contributed by atoms with Gasteiger partial charge in [-0.15, -0.1) is 0 Å². The number of β-amino-alcohol motifs (C(OH)–C–C–N with tert-alkyl or cyclic N) is 1. The molecule has 1 aromatic rings. The minimum Gasteiger partial charge on any atom is -0.399 e. The minimum absolute atomic E-state index is 0.485. The van der Waals surface area contributed by atoms with Crippen LogP contribution in [0.25, 0.3) is 0 Å². The quantitative estimate of drug-likeness (QED) is 0.754. The summed E-state index contributed by atoms with van der Waals surface area (Å²) in [5, 5.41) is 9.84. The molecule has 0 aliphatic carbocycles. The Morgan fingerprint density at radius 3 is 2.62 bits per heavy atom. The highest BCUT2D eigenvalue weighted by Gasteiger charge is 2.30. The smallest absolute Gasteiger partial charge is 0.0758 e. The van der Waals surface area contributed by atoms with Crippen molar-refractivity contribution >= 4 is 5.69 Å². The average Bonchev–Trinajstić information content (AvgIpc) is 2.58. The normalized spacial score (nSPS) is 26.1. The van der Waals surface area contributed by atoms with Gasteiger partial charge in [-0.1, -0.05) is 12.1 Å². The zero-order valence-electron chi connectivity index (χ0n) is 9.82. The molecule has 3 nitrogen and oxygen atoms in total. The molecule has 1 aromatic carbocycles. The summed E-state index contributed by atoms with van der Waals surface area (Å²) in [6.07, 6.45) is 1.91. The molecule has 2 rings (SSSR count). The van der Waals surface area contributed by atoms with Crippen LogP contribution >= 0.6 is 0 Å². The van der Waals surface area contributed by atoms with Crippen LogP contribution in [0, 0.1) is 0 Å². The fourth-order valence-electron chi connectivity index (χ4n) is 2.20. The fourth-order valence-corrected chi connectivity index (χ4v) is 2.20. The summed E-state index contributed by atoms with van der Waals surface area (Å²) in [6.45, 7) is 4.72. The topological polar surface area (TPSA) is 49.5 Å². The van der Waals surface area contributed by atoms with Crippen molar-refractivity contribution in [3.63, 3.8) is 0 Å². The van der Waals surface area contributed by atoms with Gasteiger partial charge >= 0.3 is 0 Å². The molecule has 0 aromatic heterocycles. The maximum absolute atomic E-state index is 9.84. The molecular weight excluding hydrogens is 200 g/mol. The summed E-state index contributed by atoms with van der Waals surface area (Å²) in [4.78, 5) is 2.32. The van der Waals surface area contributed by atoms with Gasteiger partial charge in [-0.25, -0.2) is 0 Å². The van der Waals surface area contributed by atoms with E-state index in [4.69, 9.17) is 5.73 Å². The Balaban J connectivity index is 1.82. The molecule has 1 fully saturated rings. The zero-order chi connectivity index (χ0) is 11.6. The fraction of sp³-hybridized carbons (Fsp3) is 0.538. The number of rotatable bonds is 3. The maximum Gasteiger partial charge on any atom is 0.0758 e. The van der Waals surface area contributed by atoms with E-state index in [1.807, 2.05) is 19.1 Å². The lowest BCUT2D eigenvalue weighted by molar-refractivity contribution is 0.0689. The van der Waals surface area contributed by atoms with Crippen LogP contribution in [-0.2, 0) is 6.42 Å². The van der Waals surface area contributed by atoms with Gasteiger partial charge in [0.1, 0.15) is 0 Å². The minimum atomic E-state index is -0.485. The lowest BCUT2D eigenvalue weighted by Crippen LogP contribution is -2.30. The number of benzene rings is 1. The molecule has 16 heavy (non-hydrogen) atoms. The third-order valence-electron chi connectivity index (χ3n) is 3.23. The van der Waals surface area contributed by atoms with Gasteiger partial charge in [0.25, 0.3) is 0 Å². The molecule has 1 aliphatic rings. The monoisotopic (exact) mass is 220 g/mol. The first-order valence-corrected chi connectivity index (χ1v) is 5.84. The first-order valence-electron chi connectivity index (χ1n) is 5.84. The summed E-state index contributed by atoms with van der Waals surface area (Å²) in [6, 6.07) is 8.03. The number of anilines is 1. The van der Waals surface area contributed by atoms with Crippen molar-refractivity contribution in [1.29, 1.82) is 0 Å². The summed E-state index contributed by atoms with van der Waals surface area (Å²) in [5.74, 6) is 0. The van der Waals surface area contributed by atoms with E-state index in [0.29, 0.717) is 0 Å². The third-order valence-corrected chi connectivity index (χ3v) is 3.23. The van der Waals surface area contributed by atoms with Crippen LogP contribution < -0.4 is 5.73 Å². The SMILES string of the molecule is CC1(O)CCN(CCc2ccc(N)cc2)C1. The molecule has 0 radical (unpaired) electrons. The Hall–Kier alpha value is -1.06. The molecule has 0 saturated carbocycles. The highest BCUT2D eigenvalue weighted by Crippen LogP contribution is 2.20. The van der Waals surface area contributed by atoms with Crippen LogP contribution in [-0.4, -0.2) is 35.2 Å². The maximum atomic E-state index is 9.84. The first kappa shape index (κ1) is 11.4. The van der Waals surface area contributed by atoms with Gasteiger partial charge in [0.05, 0.1) is 5.60 Å². The van der Waals surface area contributed by atoms with Crippen molar-refractivity contribution in [2.45, 2.75) is 25.4 Å². The molecule has 1 aliphatic heterocycles. The van der Waals surface area contributed by atoms with Crippen molar-refractivity contribution in [2.75, 3.05) is 25.4 Å². The van der Waals surface area contributed by atoms with Crippen molar-refractivity contribution in [1.82, 2.24) is 4.90 Å². The lowest BCUT2D eigenvalue weighted by Gasteiger charge is -2.18. The van der Waals surface area contributed by atoms with E-state index in [9.17, 15) is 5.11 Å². The van der Waals surface area contributed by atoms with Crippen LogP contribution in [0.5, 0.6) is 0 Å². The number of hydrogen-bond acceptors (Lipinski definition) is 3. The molecule has 0 bridgehead atoms. The van der Waals surface area contributed by atoms with Crippen molar-refractivity contribution in [2.24, 2.45) is 0 Å². The van der Waals surface area contributed by atoms with Crippen molar-refractivity contribution in [3.8, 4) is 0 Å². The molecule has 3 N–H and O–H groups in total. The Kier molecular flexibility index (Phi) is 3.17. The van der Waals surface area contributed by atoms with E-state index in [1.165, 1.54) is 5.56 Å².